The molecule has 144 valence electrons. The number of carbonyl (C=O) groups excluding carboxylic acids is 1. The highest BCUT2D eigenvalue weighted by atomic mass is 35.5. The quantitative estimate of drug-likeness (QED) is 0.794. The van der Waals surface area contributed by atoms with Crippen LogP contribution in [0.5, 0.6) is 0 Å². The molecular weight excluding hydrogens is 379 g/mol. The number of aryl methyl sites for hydroxylation is 2. The molecule has 0 bridgehead atoms. The largest absolute Gasteiger partial charge is 0.416 e. The zero-order chi connectivity index (χ0) is 19.8. The molecule has 1 amide bonds. The van der Waals surface area contributed by atoms with Gasteiger partial charge in [0.1, 0.15) is 11.9 Å². The maximum atomic E-state index is 13.1. The number of rotatable bonds is 3. The van der Waals surface area contributed by atoms with Crippen LogP contribution in [-0.4, -0.2) is 23.5 Å². The molecule has 27 heavy (non-hydrogen) atoms. The van der Waals surface area contributed by atoms with E-state index in [1.165, 1.54) is 6.92 Å². The third-order valence-electron chi connectivity index (χ3n) is 4.56. The molecule has 3 rings (SSSR count). The van der Waals surface area contributed by atoms with Crippen molar-refractivity contribution in [2.45, 2.75) is 38.9 Å². The van der Waals surface area contributed by atoms with E-state index in [2.05, 4.69) is 10.3 Å². The Hall–Kier alpha value is -2.28. The summed E-state index contributed by atoms with van der Waals surface area (Å²) < 4.78 is 39.3. The summed E-state index contributed by atoms with van der Waals surface area (Å²) in [4.78, 5) is 18.6. The highest BCUT2D eigenvalue weighted by molar-refractivity contribution is 6.31. The highest BCUT2D eigenvalue weighted by Crippen LogP contribution is 2.33. The zero-order valence-corrected chi connectivity index (χ0v) is 15.7. The van der Waals surface area contributed by atoms with Crippen molar-refractivity contribution in [1.29, 1.82) is 0 Å². The number of anilines is 2. The average molecular weight is 398 g/mol. The minimum absolute atomic E-state index is 0.168. The molecule has 1 aliphatic rings. The van der Waals surface area contributed by atoms with E-state index in [-0.39, 0.29) is 17.4 Å². The van der Waals surface area contributed by atoms with Crippen LogP contribution in [0.25, 0.3) is 0 Å². The number of aromatic nitrogens is 1. The summed E-state index contributed by atoms with van der Waals surface area (Å²) in [6.45, 7) is 3.84. The van der Waals surface area contributed by atoms with E-state index in [0.717, 1.165) is 17.7 Å². The van der Waals surface area contributed by atoms with Crippen LogP contribution in [0.15, 0.2) is 30.3 Å². The molecule has 0 spiro atoms. The fourth-order valence-corrected chi connectivity index (χ4v) is 3.35. The summed E-state index contributed by atoms with van der Waals surface area (Å²) in [5.74, 6) is -0.119. The van der Waals surface area contributed by atoms with E-state index >= 15 is 0 Å². The molecule has 1 N–H and O–H groups in total. The van der Waals surface area contributed by atoms with E-state index in [1.807, 2.05) is 6.92 Å². The summed E-state index contributed by atoms with van der Waals surface area (Å²) in [5, 5.41) is 3.33. The third-order valence-corrected chi connectivity index (χ3v) is 4.96. The predicted molar refractivity (Wildman–Crippen MR) is 99.2 cm³/mol. The molecule has 0 aliphatic carbocycles. The lowest BCUT2D eigenvalue weighted by Gasteiger charge is -2.26. The van der Waals surface area contributed by atoms with E-state index in [0.29, 0.717) is 30.1 Å². The van der Waals surface area contributed by atoms with Gasteiger partial charge in [0.25, 0.3) is 0 Å². The highest BCUT2D eigenvalue weighted by Gasteiger charge is 2.35. The summed E-state index contributed by atoms with van der Waals surface area (Å²) in [7, 11) is 0. The molecule has 1 atom stereocenters. The molecule has 4 nitrogen and oxygen atoms in total. The molecule has 1 fully saturated rings. The monoisotopic (exact) mass is 397 g/mol. The van der Waals surface area contributed by atoms with Crippen molar-refractivity contribution in [2.75, 3.05) is 16.8 Å². The van der Waals surface area contributed by atoms with E-state index < -0.39 is 17.8 Å². The second-order valence-electron chi connectivity index (χ2n) is 6.66. The van der Waals surface area contributed by atoms with E-state index in [9.17, 15) is 18.0 Å². The molecule has 0 radical (unpaired) electrons. The number of alkyl halides is 3. The Morgan fingerprint density at radius 2 is 2.00 bits per heavy atom. The second-order valence-corrected chi connectivity index (χ2v) is 7.06. The molecule has 2 heterocycles. The fourth-order valence-electron chi connectivity index (χ4n) is 3.17. The van der Waals surface area contributed by atoms with E-state index in [1.54, 1.807) is 23.1 Å². The molecule has 0 unspecified atom stereocenters. The standard InChI is InChI=1S/C19H19ClF3N3O/c1-11-5-6-14(10-15(11)20)25-18(27)16-4-3-7-26(16)17-9-13(19(21,22)23)8-12(2)24-17/h5-6,8-10,16H,3-4,7H2,1-2H3,(H,25,27)/t16-/m0/s1. The average Bonchev–Trinajstić information content (AvgIpc) is 3.07. The summed E-state index contributed by atoms with van der Waals surface area (Å²) in [5.41, 5.74) is 0.939. The number of nitrogens with one attached hydrogen (secondary N) is 1. The van der Waals surface area contributed by atoms with Gasteiger partial charge in [-0.25, -0.2) is 4.98 Å². The van der Waals surface area contributed by atoms with Crippen LogP contribution in [0.1, 0.15) is 29.7 Å². The molecule has 1 aromatic heterocycles. The molecule has 1 saturated heterocycles. The van der Waals surface area contributed by atoms with Crippen molar-refractivity contribution in [3.05, 3.63) is 52.2 Å². The number of nitrogens with zero attached hydrogens (tertiary/aromatic N) is 2. The lowest BCUT2D eigenvalue weighted by Crippen LogP contribution is -2.40. The van der Waals surface area contributed by atoms with Crippen LogP contribution in [0.3, 0.4) is 0 Å². The van der Waals surface area contributed by atoms with Gasteiger partial charge in [0, 0.05) is 22.9 Å². The van der Waals surface area contributed by atoms with Crippen LogP contribution in [0.2, 0.25) is 5.02 Å². The normalized spacial score (nSPS) is 17.3. The first-order valence-electron chi connectivity index (χ1n) is 8.54. The van der Waals surface area contributed by atoms with Crippen LogP contribution >= 0.6 is 11.6 Å². The first kappa shape index (κ1) is 19.5. The predicted octanol–water partition coefficient (Wildman–Crippen LogP) is 4.98. The lowest BCUT2D eigenvalue weighted by atomic mass is 10.1. The first-order chi connectivity index (χ1) is 12.6. The van der Waals surface area contributed by atoms with Crippen LogP contribution in [-0.2, 0) is 11.0 Å². The Morgan fingerprint density at radius 3 is 2.67 bits per heavy atom. The van der Waals surface area contributed by atoms with Crippen molar-refractivity contribution >= 4 is 29.0 Å². The minimum Gasteiger partial charge on any atom is -0.345 e. The molecule has 1 aromatic carbocycles. The van der Waals surface area contributed by atoms with Gasteiger partial charge in [-0.3, -0.25) is 4.79 Å². The van der Waals surface area contributed by atoms with Crippen molar-refractivity contribution < 1.29 is 18.0 Å². The van der Waals surface area contributed by atoms with Crippen LogP contribution < -0.4 is 10.2 Å². The molecule has 0 saturated carbocycles. The minimum atomic E-state index is -4.46. The summed E-state index contributed by atoms with van der Waals surface area (Å²) in [6, 6.07) is 6.61. The van der Waals surface area contributed by atoms with Gasteiger partial charge < -0.3 is 10.2 Å². The Balaban J connectivity index is 1.83. The molecular formula is C19H19ClF3N3O. The molecule has 1 aliphatic heterocycles. The number of hydrogen-bond donors (Lipinski definition) is 1. The Bertz CT molecular complexity index is 870. The van der Waals surface area contributed by atoms with Crippen molar-refractivity contribution in [2.24, 2.45) is 0 Å². The Morgan fingerprint density at radius 1 is 1.26 bits per heavy atom. The van der Waals surface area contributed by atoms with Gasteiger partial charge in [-0.05, 0) is 56.5 Å². The van der Waals surface area contributed by atoms with E-state index in [4.69, 9.17) is 11.6 Å². The first-order valence-corrected chi connectivity index (χ1v) is 8.92. The smallest absolute Gasteiger partial charge is 0.345 e. The van der Waals surface area contributed by atoms with Gasteiger partial charge in [0.05, 0.1) is 5.56 Å². The van der Waals surface area contributed by atoms with Crippen molar-refractivity contribution in [1.82, 2.24) is 4.98 Å². The summed E-state index contributed by atoms with van der Waals surface area (Å²) >= 11 is 6.08. The van der Waals surface area contributed by atoms with Gasteiger partial charge >= 0.3 is 6.18 Å². The Kier molecular flexibility index (Phi) is 5.33. The molecule has 2 aromatic rings. The lowest BCUT2D eigenvalue weighted by molar-refractivity contribution is -0.137. The topological polar surface area (TPSA) is 45.2 Å². The number of amides is 1. The third kappa shape index (κ3) is 4.35. The second kappa shape index (κ2) is 7.38. The number of carbonyl (C=O) groups is 1. The van der Waals surface area contributed by atoms with Gasteiger partial charge in [-0.15, -0.1) is 0 Å². The maximum absolute atomic E-state index is 13.1. The number of pyridine rings is 1. The number of halogens is 4. The molecule has 8 heteroatoms. The van der Waals surface area contributed by atoms with Crippen LogP contribution in [0.4, 0.5) is 24.7 Å². The SMILES string of the molecule is Cc1cc(C(F)(F)F)cc(N2CCC[C@H]2C(=O)Nc2ccc(C)c(Cl)c2)n1. The van der Waals surface area contributed by atoms with Crippen LogP contribution in [0, 0.1) is 13.8 Å². The summed E-state index contributed by atoms with van der Waals surface area (Å²) in [6.07, 6.45) is -3.22. The Labute approximate surface area is 160 Å². The number of hydrogen-bond acceptors (Lipinski definition) is 3. The number of benzene rings is 1. The van der Waals surface area contributed by atoms with Gasteiger partial charge in [0.2, 0.25) is 5.91 Å². The fraction of sp³-hybridized carbons (Fsp3) is 0.368. The zero-order valence-electron chi connectivity index (χ0n) is 14.9. The van der Waals surface area contributed by atoms with Crippen molar-refractivity contribution in [3.63, 3.8) is 0 Å². The van der Waals surface area contributed by atoms with Gasteiger partial charge in [-0.1, -0.05) is 17.7 Å². The maximum Gasteiger partial charge on any atom is 0.416 e. The van der Waals surface area contributed by atoms with Crippen molar-refractivity contribution in [3.8, 4) is 0 Å². The van der Waals surface area contributed by atoms with Gasteiger partial charge in [-0.2, -0.15) is 13.2 Å². The van der Waals surface area contributed by atoms with Gasteiger partial charge in [0.15, 0.2) is 0 Å².